The smallest absolute Gasteiger partial charge is 0.0110 e. The molecule has 1 fully saturated rings. The van der Waals surface area contributed by atoms with E-state index in [9.17, 15) is 0 Å². The normalized spacial score (nSPS) is 28.1. The van der Waals surface area contributed by atoms with Gasteiger partial charge in [-0.15, -0.1) is 0 Å². The van der Waals surface area contributed by atoms with Gasteiger partial charge in [0.25, 0.3) is 0 Å². The summed E-state index contributed by atoms with van der Waals surface area (Å²) in [5.41, 5.74) is 1.53. The van der Waals surface area contributed by atoms with Gasteiger partial charge in [-0.3, -0.25) is 0 Å². The Labute approximate surface area is 106 Å². The van der Waals surface area contributed by atoms with Gasteiger partial charge in [0.05, 0.1) is 0 Å². The highest BCUT2D eigenvalue weighted by Gasteiger charge is 2.42. The van der Waals surface area contributed by atoms with E-state index in [0.29, 0.717) is 0 Å². The molecule has 3 unspecified atom stereocenters. The van der Waals surface area contributed by atoms with Crippen LogP contribution in [-0.4, -0.2) is 12.6 Å². The van der Waals surface area contributed by atoms with Crippen LogP contribution in [-0.2, 0) is 0 Å². The third-order valence-corrected chi connectivity index (χ3v) is 4.09. The quantitative estimate of drug-likeness (QED) is 0.812. The molecule has 1 aliphatic rings. The van der Waals surface area contributed by atoms with Gasteiger partial charge in [-0.05, 0) is 42.7 Å². The van der Waals surface area contributed by atoms with E-state index < -0.39 is 0 Å². The van der Waals surface area contributed by atoms with Crippen molar-refractivity contribution in [2.24, 2.45) is 11.8 Å². The SMILES string of the molecule is CCCNC1CC(c2ccccc2)C1C(C)C. The predicted molar refractivity (Wildman–Crippen MR) is 74.2 cm³/mol. The van der Waals surface area contributed by atoms with Crippen molar-refractivity contribution in [3.8, 4) is 0 Å². The summed E-state index contributed by atoms with van der Waals surface area (Å²) in [6.07, 6.45) is 2.55. The lowest BCUT2D eigenvalue weighted by molar-refractivity contribution is 0.116. The largest absolute Gasteiger partial charge is 0.314 e. The summed E-state index contributed by atoms with van der Waals surface area (Å²) < 4.78 is 0. The summed E-state index contributed by atoms with van der Waals surface area (Å²) in [7, 11) is 0. The molecular formula is C16H25N. The molecule has 0 spiro atoms. The van der Waals surface area contributed by atoms with Gasteiger partial charge in [-0.1, -0.05) is 51.1 Å². The van der Waals surface area contributed by atoms with Crippen LogP contribution in [0.4, 0.5) is 0 Å². The summed E-state index contributed by atoms with van der Waals surface area (Å²) in [5.74, 6) is 2.35. The Bertz CT molecular complexity index is 331. The van der Waals surface area contributed by atoms with Crippen molar-refractivity contribution >= 4 is 0 Å². The second kappa shape index (κ2) is 5.68. The van der Waals surface area contributed by atoms with Crippen LogP contribution in [0, 0.1) is 11.8 Å². The van der Waals surface area contributed by atoms with Gasteiger partial charge in [0.2, 0.25) is 0 Å². The minimum atomic E-state index is 0.736. The fraction of sp³-hybridized carbons (Fsp3) is 0.625. The topological polar surface area (TPSA) is 12.0 Å². The summed E-state index contributed by atoms with van der Waals surface area (Å²) in [5, 5.41) is 3.70. The minimum Gasteiger partial charge on any atom is -0.314 e. The van der Waals surface area contributed by atoms with Gasteiger partial charge in [0, 0.05) is 6.04 Å². The average Bonchev–Trinajstić information content (AvgIpc) is 2.28. The zero-order chi connectivity index (χ0) is 12.3. The Morgan fingerprint density at radius 3 is 2.53 bits per heavy atom. The molecule has 0 radical (unpaired) electrons. The van der Waals surface area contributed by atoms with Crippen LogP contribution in [0.1, 0.15) is 45.1 Å². The number of benzene rings is 1. The molecule has 94 valence electrons. The van der Waals surface area contributed by atoms with E-state index in [1.54, 1.807) is 0 Å². The maximum Gasteiger partial charge on any atom is 0.0110 e. The van der Waals surface area contributed by atoms with Crippen molar-refractivity contribution in [2.75, 3.05) is 6.54 Å². The zero-order valence-corrected chi connectivity index (χ0v) is 11.3. The summed E-state index contributed by atoms with van der Waals surface area (Å²) >= 11 is 0. The lowest BCUT2D eigenvalue weighted by atomic mass is 9.61. The Hall–Kier alpha value is -0.820. The third kappa shape index (κ3) is 2.71. The fourth-order valence-corrected chi connectivity index (χ4v) is 3.21. The molecule has 0 heterocycles. The highest BCUT2D eigenvalue weighted by molar-refractivity contribution is 5.25. The van der Waals surface area contributed by atoms with Crippen LogP contribution in [0.5, 0.6) is 0 Å². The summed E-state index contributed by atoms with van der Waals surface area (Å²) in [4.78, 5) is 0. The maximum absolute atomic E-state index is 3.70. The highest BCUT2D eigenvalue weighted by atomic mass is 14.9. The third-order valence-electron chi connectivity index (χ3n) is 4.09. The first-order valence-corrected chi connectivity index (χ1v) is 7.02. The molecule has 1 N–H and O–H groups in total. The first-order chi connectivity index (χ1) is 8.24. The monoisotopic (exact) mass is 231 g/mol. The van der Waals surface area contributed by atoms with Crippen molar-refractivity contribution < 1.29 is 0 Å². The van der Waals surface area contributed by atoms with E-state index in [0.717, 1.165) is 30.3 Å². The summed E-state index contributed by atoms with van der Waals surface area (Å²) in [6.45, 7) is 8.13. The van der Waals surface area contributed by atoms with Crippen molar-refractivity contribution in [3.05, 3.63) is 35.9 Å². The minimum absolute atomic E-state index is 0.736. The van der Waals surface area contributed by atoms with Crippen LogP contribution in [0.2, 0.25) is 0 Å². The van der Waals surface area contributed by atoms with Gasteiger partial charge in [-0.25, -0.2) is 0 Å². The molecule has 17 heavy (non-hydrogen) atoms. The molecule has 1 aromatic rings. The molecule has 1 heteroatoms. The summed E-state index contributed by atoms with van der Waals surface area (Å²) in [6, 6.07) is 11.8. The van der Waals surface area contributed by atoms with Crippen molar-refractivity contribution in [1.82, 2.24) is 5.32 Å². The van der Waals surface area contributed by atoms with Crippen LogP contribution in [0.25, 0.3) is 0 Å². The molecule has 0 aliphatic heterocycles. The van der Waals surface area contributed by atoms with Crippen LogP contribution >= 0.6 is 0 Å². The van der Waals surface area contributed by atoms with Crippen LogP contribution in [0.15, 0.2) is 30.3 Å². The molecule has 0 aromatic heterocycles. The second-order valence-corrected chi connectivity index (χ2v) is 5.63. The molecule has 3 atom stereocenters. The predicted octanol–water partition coefficient (Wildman–Crippen LogP) is 3.81. The van der Waals surface area contributed by atoms with Gasteiger partial charge >= 0.3 is 0 Å². The standard InChI is InChI=1S/C16H25N/c1-4-10-17-15-11-14(16(15)12(2)3)13-8-6-5-7-9-13/h5-9,12,14-17H,4,10-11H2,1-3H3. The van der Waals surface area contributed by atoms with Crippen molar-refractivity contribution in [3.63, 3.8) is 0 Å². The van der Waals surface area contributed by atoms with E-state index in [1.807, 2.05) is 0 Å². The molecule has 0 saturated heterocycles. The van der Waals surface area contributed by atoms with Crippen LogP contribution < -0.4 is 5.32 Å². The van der Waals surface area contributed by atoms with Crippen LogP contribution in [0.3, 0.4) is 0 Å². The Kier molecular flexibility index (Phi) is 4.22. The first-order valence-electron chi connectivity index (χ1n) is 7.02. The molecule has 1 aliphatic carbocycles. The van der Waals surface area contributed by atoms with Crippen molar-refractivity contribution in [2.45, 2.75) is 45.6 Å². The molecular weight excluding hydrogens is 206 g/mol. The molecule has 1 aromatic carbocycles. The Morgan fingerprint density at radius 2 is 1.94 bits per heavy atom. The molecule has 0 bridgehead atoms. The Balaban J connectivity index is 2.02. The number of hydrogen-bond donors (Lipinski definition) is 1. The number of rotatable bonds is 5. The number of nitrogens with one attached hydrogen (secondary N) is 1. The average molecular weight is 231 g/mol. The lowest BCUT2D eigenvalue weighted by Gasteiger charge is -2.48. The maximum atomic E-state index is 3.70. The van der Waals surface area contributed by atoms with Gasteiger partial charge in [0.15, 0.2) is 0 Å². The molecule has 2 rings (SSSR count). The molecule has 0 amide bonds. The second-order valence-electron chi connectivity index (χ2n) is 5.63. The van der Waals surface area contributed by atoms with E-state index >= 15 is 0 Å². The van der Waals surface area contributed by atoms with Crippen molar-refractivity contribution in [1.29, 1.82) is 0 Å². The van der Waals surface area contributed by atoms with E-state index in [-0.39, 0.29) is 0 Å². The molecule has 1 saturated carbocycles. The van der Waals surface area contributed by atoms with E-state index in [1.165, 1.54) is 18.4 Å². The van der Waals surface area contributed by atoms with E-state index in [2.05, 4.69) is 56.4 Å². The van der Waals surface area contributed by atoms with Gasteiger partial charge < -0.3 is 5.32 Å². The zero-order valence-electron chi connectivity index (χ0n) is 11.3. The Morgan fingerprint density at radius 1 is 1.24 bits per heavy atom. The highest BCUT2D eigenvalue weighted by Crippen LogP contribution is 2.46. The molecule has 1 nitrogen and oxygen atoms in total. The van der Waals surface area contributed by atoms with Gasteiger partial charge in [0.1, 0.15) is 0 Å². The first kappa shape index (κ1) is 12.6. The lowest BCUT2D eigenvalue weighted by Crippen LogP contribution is -2.51. The fourth-order valence-electron chi connectivity index (χ4n) is 3.21. The number of hydrogen-bond acceptors (Lipinski definition) is 1. The van der Waals surface area contributed by atoms with E-state index in [4.69, 9.17) is 0 Å². The van der Waals surface area contributed by atoms with Gasteiger partial charge in [-0.2, -0.15) is 0 Å².